The number of thiophene rings is 1. The Hall–Kier alpha value is -1.72. The smallest absolute Gasteiger partial charge is 0.163 e. The Morgan fingerprint density at radius 1 is 1.25 bits per heavy atom. The molecular formula is C14H13ClN2O2S. The van der Waals surface area contributed by atoms with Crippen molar-refractivity contribution in [3.8, 4) is 17.2 Å². The number of alkyl halides is 1. The standard InChI is InChI=1S/C14H13ClN2O2S/c1-18-12-5-10-11(6-13(12)19-2)17(14(7-15)16-10)9-3-4-20-8-9/h3-6,8H,7H2,1-2H3. The molecule has 1 aromatic carbocycles. The normalized spacial score (nSPS) is 10.9. The van der Waals surface area contributed by atoms with E-state index in [1.54, 1.807) is 25.6 Å². The second-order valence-electron chi connectivity index (χ2n) is 4.17. The molecule has 0 fully saturated rings. The molecule has 6 heteroatoms. The fourth-order valence-electron chi connectivity index (χ4n) is 2.22. The Bertz CT molecular complexity index is 737. The summed E-state index contributed by atoms with van der Waals surface area (Å²) in [5, 5.41) is 4.09. The Balaban J connectivity index is 2.32. The maximum Gasteiger partial charge on any atom is 0.163 e. The number of ether oxygens (including phenoxy) is 2. The minimum atomic E-state index is 0.342. The van der Waals surface area contributed by atoms with Gasteiger partial charge >= 0.3 is 0 Å². The van der Waals surface area contributed by atoms with Crippen LogP contribution in [0.5, 0.6) is 11.5 Å². The summed E-state index contributed by atoms with van der Waals surface area (Å²) in [5.74, 6) is 2.48. The lowest BCUT2D eigenvalue weighted by Gasteiger charge is -2.09. The average molecular weight is 309 g/mol. The lowest BCUT2D eigenvalue weighted by atomic mass is 10.2. The van der Waals surface area contributed by atoms with E-state index in [1.807, 2.05) is 28.1 Å². The number of nitrogens with zero attached hydrogens (tertiary/aromatic N) is 2. The second kappa shape index (κ2) is 5.34. The van der Waals surface area contributed by atoms with Gasteiger partial charge in [0.05, 0.1) is 36.8 Å². The van der Waals surface area contributed by atoms with E-state index in [0.717, 1.165) is 22.5 Å². The Kier molecular flexibility index (Phi) is 3.54. The fourth-order valence-corrected chi connectivity index (χ4v) is 3.02. The SMILES string of the molecule is COc1cc2nc(CCl)n(-c3ccsc3)c2cc1OC. The van der Waals surface area contributed by atoms with Crippen molar-refractivity contribution in [3.05, 3.63) is 34.8 Å². The van der Waals surface area contributed by atoms with Crippen molar-refractivity contribution >= 4 is 34.0 Å². The van der Waals surface area contributed by atoms with Crippen LogP contribution in [0, 0.1) is 0 Å². The highest BCUT2D eigenvalue weighted by Gasteiger charge is 2.15. The Labute approximate surface area is 125 Å². The van der Waals surface area contributed by atoms with E-state index < -0.39 is 0 Å². The van der Waals surface area contributed by atoms with Gasteiger partial charge in [-0.05, 0) is 11.4 Å². The van der Waals surface area contributed by atoms with Gasteiger partial charge < -0.3 is 9.47 Å². The topological polar surface area (TPSA) is 36.3 Å². The first-order chi connectivity index (χ1) is 9.78. The van der Waals surface area contributed by atoms with Gasteiger partial charge in [-0.25, -0.2) is 4.98 Å². The van der Waals surface area contributed by atoms with Crippen LogP contribution in [0.3, 0.4) is 0 Å². The zero-order valence-corrected chi connectivity index (χ0v) is 12.7. The van der Waals surface area contributed by atoms with Gasteiger partial charge in [0, 0.05) is 17.5 Å². The van der Waals surface area contributed by atoms with E-state index in [9.17, 15) is 0 Å². The molecule has 0 amide bonds. The van der Waals surface area contributed by atoms with Gasteiger partial charge in [-0.3, -0.25) is 4.57 Å². The molecule has 2 aromatic heterocycles. The average Bonchev–Trinajstić information content (AvgIpc) is 3.11. The summed E-state index contributed by atoms with van der Waals surface area (Å²) in [5.41, 5.74) is 2.85. The number of rotatable bonds is 4. The molecule has 104 valence electrons. The van der Waals surface area contributed by atoms with Crippen molar-refractivity contribution in [2.24, 2.45) is 0 Å². The second-order valence-corrected chi connectivity index (χ2v) is 5.22. The first-order valence-corrected chi connectivity index (χ1v) is 7.48. The largest absolute Gasteiger partial charge is 0.493 e. The van der Waals surface area contributed by atoms with E-state index in [1.165, 1.54) is 0 Å². The third-order valence-electron chi connectivity index (χ3n) is 3.11. The zero-order chi connectivity index (χ0) is 14.1. The maximum absolute atomic E-state index is 6.03. The van der Waals surface area contributed by atoms with Crippen molar-refractivity contribution in [1.82, 2.24) is 9.55 Å². The molecule has 3 rings (SSSR count). The molecule has 0 aliphatic carbocycles. The number of methoxy groups -OCH3 is 2. The molecule has 20 heavy (non-hydrogen) atoms. The molecule has 0 saturated carbocycles. The molecule has 0 bridgehead atoms. The van der Waals surface area contributed by atoms with Gasteiger partial charge in [0.1, 0.15) is 5.82 Å². The summed E-state index contributed by atoms with van der Waals surface area (Å²) in [6.07, 6.45) is 0. The van der Waals surface area contributed by atoms with E-state index in [4.69, 9.17) is 21.1 Å². The minimum Gasteiger partial charge on any atom is -0.493 e. The number of hydrogen-bond acceptors (Lipinski definition) is 4. The third-order valence-corrected chi connectivity index (χ3v) is 4.02. The number of hydrogen-bond donors (Lipinski definition) is 0. The quantitative estimate of drug-likeness (QED) is 0.687. The molecule has 0 spiro atoms. The van der Waals surface area contributed by atoms with E-state index in [-0.39, 0.29) is 0 Å². The number of fused-ring (bicyclic) bond motifs is 1. The van der Waals surface area contributed by atoms with Crippen LogP contribution in [-0.2, 0) is 5.88 Å². The van der Waals surface area contributed by atoms with Crippen LogP contribution in [-0.4, -0.2) is 23.8 Å². The van der Waals surface area contributed by atoms with Crippen LogP contribution in [0.1, 0.15) is 5.82 Å². The van der Waals surface area contributed by atoms with Crippen molar-refractivity contribution < 1.29 is 9.47 Å². The van der Waals surface area contributed by atoms with Gasteiger partial charge in [-0.1, -0.05) is 0 Å². The van der Waals surface area contributed by atoms with Crippen molar-refractivity contribution in [2.75, 3.05) is 14.2 Å². The number of imidazole rings is 1. The van der Waals surface area contributed by atoms with Gasteiger partial charge in [-0.15, -0.1) is 11.6 Å². The van der Waals surface area contributed by atoms with Gasteiger partial charge in [0.25, 0.3) is 0 Å². The number of halogens is 1. The number of benzene rings is 1. The summed E-state index contributed by atoms with van der Waals surface area (Å²) >= 11 is 7.66. The predicted molar refractivity (Wildman–Crippen MR) is 81.6 cm³/mol. The monoisotopic (exact) mass is 308 g/mol. The van der Waals surface area contributed by atoms with Gasteiger partial charge in [-0.2, -0.15) is 11.3 Å². The molecule has 0 radical (unpaired) electrons. The van der Waals surface area contributed by atoms with E-state index >= 15 is 0 Å². The van der Waals surface area contributed by atoms with Crippen LogP contribution in [0.25, 0.3) is 16.7 Å². The molecule has 3 aromatic rings. The van der Waals surface area contributed by atoms with Crippen molar-refractivity contribution in [3.63, 3.8) is 0 Å². The molecule has 0 saturated heterocycles. The Morgan fingerprint density at radius 3 is 2.60 bits per heavy atom. The number of aromatic nitrogens is 2. The summed E-state index contributed by atoms with van der Waals surface area (Å²) < 4.78 is 12.7. The van der Waals surface area contributed by atoms with E-state index in [2.05, 4.69) is 10.4 Å². The van der Waals surface area contributed by atoms with Crippen LogP contribution in [0.4, 0.5) is 0 Å². The molecule has 4 nitrogen and oxygen atoms in total. The molecule has 0 unspecified atom stereocenters. The predicted octanol–water partition coefficient (Wildman–Crippen LogP) is 3.84. The van der Waals surface area contributed by atoms with Crippen LogP contribution < -0.4 is 9.47 Å². The van der Waals surface area contributed by atoms with Crippen LogP contribution in [0.15, 0.2) is 29.0 Å². The molecule has 0 atom stereocenters. The van der Waals surface area contributed by atoms with Gasteiger partial charge in [0.15, 0.2) is 11.5 Å². The van der Waals surface area contributed by atoms with Crippen LogP contribution >= 0.6 is 22.9 Å². The molecule has 0 aliphatic heterocycles. The lowest BCUT2D eigenvalue weighted by Crippen LogP contribution is -1.98. The fraction of sp³-hybridized carbons (Fsp3) is 0.214. The molecule has 0 aliphatic rings. The van der Waals surface area contributed by atoms with Crippen LogP contribution in [0.2, 0.25) is 0 Å². The first kappa shape index (κ1) is 13.3. The molecule has 0 N–H and O–H groups in total. The van der Waals surface area contributed by atoms with Crippen molar-refractivity contribution in [1.29, 1.82) is 0 Å². The zero-order valence-electron chi connectivity index (χ0n) is 11.1. The highest BCUT2D eigenvalue weighted by Crippen LogP contribution is 2.34. The Morgan fingerprint density at radius 2 is 2.00 bits per heavy atom. The molecular weight excluding hydrogens is 296 g/mol. The van der Waals surface area contributed by atoms with Crippen molar-refractivity contribution in [2.45, 2.75) is 5.88 Å². The summed E-state index contributed by atoms with van der Waals surface area (Å²) in [4.78, 5) is 4.57. The third kappa shape index (κ3) is 2.03. The van der Waals surface area contributed by atoms with Gasteiger partial charge in [0.2, 0.25) is 0 Å². The van der Waals surface area contributed by atoms with E-state index in [0.29, 0.717) is 17.4 Å². The first-order valence-electron chi connectivity index (χ1n) is 6.00. The summed E-state index contributed by atoms with van der Waals surface area (Å²) in [6.45, 7) is 0. The maximum atomic E-state index is 6.03. The highest BCUT2D eigenvalue weighted by atomic mass is 35.5. The summed E-state index contributed by atoms with van der Waals surface area (Å²) in [6, 6.07) is 5.83. The highest BCUT2D eigenvalue weighted by molar-refractivity contribution is 7.08. The minimum absolute atomic E-state index is 0.342. The lowest BCUT2D eigenvalue weighted by molar-refractivity contribution is 0.355. The molecule has 2 heterocycles. The summed E-state index contributed by atoms with van der Waals surface area (Å²) in [7, 11) is 3.24.